The molecule has 3 aliphatic rings. The Hall–Kier alpha value is -7.28. The van der Waals surface area contributed by atoms with Crippen LogP contribution in [0.25, 0.3) is 11.1 Å². The van der Waals surface area contributed by atoms with Crippen molar-refractivity contribution in [3.8, 4) is 11.1 Å². The molecule has 1 saturated carbocycles. The molecule has 13 heteroatoms. The Morgan fingerprint density at radius 2 is 1.37 bits per heavy atom. The number of carboxylic acids is 1. The Morgan fingerprint density at radius 1 is 0.790 bits per heavy atom. The molecule has 0 aromatic heterocycles. The van der Waals surface area contributed by atoms with Crippen LogP contribution in [0.2, 0.25) is 0 Å². The highest BCUT2D eigenvalue weighted by atomic mass is 16.6. The summed E-state index contributed by atoms with van der Waals surface area (Å²) in [5, 5.41) is 14.9. The van der Waals surface area contributed by atoms with Gasteiger partial charge in [-0.15, -0.1) is 0 Å². The maximum atomic E-state index is 15.0. The zero-order valence-electron chi connectivity index (χ0n) is 34.2. The van der Waals surface area contributed by atoms with Crippen molar-refractivity contribution >= 4 is 41.4 Å². The Balaban J connectivity index is 1.07. The topological polar surface area (TPSA) is 172 Å². The number of aliphatic carboxylic acids is 1. The third kappa shape index (κ3) is 8.13. The molecule has 1 heterocycles. The first-order valence-electron chi connectivity index (χ1n) is 20.6. The molecule has 4 amide bonds. The first-order valence-corrected chi connectivity index (χ1v) is 20.6. The number of esters is 1. The van der Waals surface area contributed by atoms with E-state index in [2.05, 4.69) is 10.6 Å². The minimum absolute atomic E-state index is 0.0338. The second kappa shape index (κ2) is 17.4. The van der Waals surface area contributed by atoms with Gasteiger partial charge in [-0.2, -0.15) is 0 Å². The van der Waals surface area contributed by atoms with Crippen LogP contribution in [0.4, 0.5) is 10.5 Å². The molecule has 62 heavy (non-hydrogen) atoms. The van der Waals surface area contributed by atoms with Gasteiger partial charge in [0.25, 0.3) is 5.91 Å². The second-order valence-corrected chi connectivity index (χ2v) is 16.0. The van der Waals surface area contributed by atoms with E-state index in [-0.39, 0.29) is 38.4 Å². The molecule has 5 atom stereocenters. The molecule has 5 aromatic carbocycles. The van der Waals surface area contributed by atoms with E-state index in [1.807, 2.05) is 72.8 Å². The Bertz CT molecular complexity index is 2490. The fourth-order valence-electron chi connectivity index (χ4n) is 8.71. The van der Waals surface area contributed by atoms with E-state index in [1.54, 1.807) is 60.7 Å². The van der Waals surface area contributed by atoms with Crippen molar-refractivity contribution in [1.29, 1.82) is 0 Å². The average molecular weight is 835 g/mol. The highest BCUT2D eigenvalue weighted by molar-refractivity contribution is 6.09. The number of likely N-dealkylation sites (N-methyl/N-ethyl adjacent to an activating group) is 1. The van der Waals surface area contributed by atoms with Gasteiger partial charge in [-0.1, -0.05) is 127 Å². The number of alkyl carbamates (subject to hydrolysis) is 1. The molecule has 2 aliphatic carbocycles. The third-order valence-corrected chi connectivity index (χ3v) is 12.1. The zero-order valence-corrected chi connectivity index (χ0v) is 34.2. The number of benzene rings is 5. The fraction of sp³-hybridized carbons (Fsp3) is 0.265. The van der Waals surface area contributed by atoms with Crippen molar-refractivity contribution in [2.75, 3.05) is 18.6 Å². The average Bonchev–Trinajstić information content (AvgIpc) is 3.93. The van der Waals surface area contributed by atoms with Gasteiger partial charge in [0.15, 0.2) is 0 Å². The molecule has 8 rings (SSSR count). The molecule has 0 radical (unpaired) electrons. The lowest BCUT2D eigenvalue weighted by molar-refractivity contribution is -0.150. The van der Waals surface area contributed by atoms with Gasteiger partial charge in [-0.3, -0.25) is 28.9 Å². The molecule has 5 aromatic rings. The van der Waals surface area contributed by atoms with Crippen molar-refractivity contribution in [3.63, 3.8) is 0 Å². The van der Waals surface area contributed by atoms with Crippen molar-refractivity contribution in [2.45, 2.75) is 62.4 Å². The van der Waals surface area contributed by atoms with Gasteiger partial charge in [0.05, 0.1) is 5.92 Å². The molecular weight excluding hydrogens is 789 g/mol. The van der Waals surface area contributed by atoms with Crippen molar-refractivity contribution in [1.82, 2.24) is 15.5 Å². The molecule has 0 spiro atoms. The van der Waals surface area contributed by atoms with Crippen LogP contribution in [0, 0.1) is 5.92 Å². The van der Waals surface area contributed by atoms with Crippen LogP contribution in [-0.2, 0) is 52.9 Å². The van der Waals surface area contributed by atoms with Crippen molar-refractivity contribution < 1.29 is 43.3 Å². The van der Waals surface area contributed by atoms with E-state index >= 15 is 0 Å². The number of hydrogen-bond acceptors (Lipinski definition) is 8. The number of para-hydroxylation sites is 1. The number of hydrogen-bond donors (Lipinski definition) is 3. The van der Waals surface area contributed by atoms with Gasteiger partial charge in [-0.05, 0) is 58.4 Å². The van der Waals surface area contributed by atoms with Crippen LogP contribution in [0.15, 0.2) is 133 Å². The van der Waals surface area contributed by atoms with Crippen LogP contribution in [-0.4, -0.2) is 83.1 Å². The Kier molecular flexibility index (Phi) is 11.6. The molecular formula is C49H46N4O9. The van der Waals surface area contributed by atoms with E-state index in [4.69, 9.17) is 9.47 Å². The van der Waals surface area contributed by atoms with Crippen LogP contribution < -0.4 is 15.5 Å². The predicted molar refractivity (Wildman–Crippen MR) is 229 cm³/mol. The van der Waals surface area contributed by atoms with Gasteiger partial charge < -0.3 is 30.1 Å². The minimum atomic E-state index is -1.81. The number of rotatable bonds is 14. The summed E-state index contributed by atoms with van der Waals surface area (Å²) in [7, 11) is 1.43. The highest BCUT2D eigenvalue weighted by Crippen LogP contribution is 2.48. The first-order chi connectivity index (χ1) is 30.0. The second-order valence-electron chi connectivity index (χ2n) is 16.0. The number of amides is 4. The molecule has 0 bridgehead atoms. The maximum Gasteiger partial charge on any atom is 0.408 e. The highest BCUT2D eigenvalue weighted by Gasteiger charge is 2.67. The quantitative estimate of drug-likeness (QED) is 0.120. The largest absolute Gasteiger partial charge is 0.480 e. The summed E-state index contributed by atoms with van der Waals surface area (Å²) in [6, 6.07) is 37.2. The summed E-state index contributed by atoms with van der Waals surface area (Å²) in [6.45, 7) is 1.24. The zero-order chi connectivity index (χ0) is 43.5. The molecule has 1 fully saturated rings. The van der Waals surface area contributed by atoms with Gasteiger partial charge in [0.1, 0.15) is 36.9 Å². The number of ether oxygens (including phenoxy) is 2. The third-order valence-electron chi connectivity index (χ3n) is 12.1. The number of nitrogens with zero attached hydrogens (tertiary/aromatic N) is 2. The SMILES string of the molecule is C[C@H](NC(=O)[C@H](Cc1ccccc1)N1C(=O)[C@@H](N(C)C(=O)[C@@]2(NC(=O)OCC3c4ccccc4-c4ccccc43)CC2C(=O)OCc2ccccc2)Cc2ccccc21)C(=O)O. The minimum Gasteiger partial charge on any atom is -0.480 e. The van der Waals surface area contributed by atoms with Crippen molar-refractivity contribution in [2.24, 2.45) is 5.92 Å². The summed E-state index contributed by atoms with van der Waals surface area (Å²) in [5.74, 6) is -5.33. The summed E-state index contributed by atoms with van der Waals surface area (Å²) in [5.41, 5.74) is 4.81. The van der Waals surface area contributed by atoms with E-state index < -0.39 is 65.3 Å². The van der Waals surface area contributed by atoms with E-state index in [0.717, 1.165) is 27.8 Å². The van der Waals surface area contributed by atoms with Gasteiger partial charge in [-0.25, -0.2) is 4.79 Å². The molecule has 3 N–H and O–H groups in total. The maximum absolute atomic E-state index is 15.0. The smallest absolute Gasteiger partial charge is 0.408 e. The van der Waals surface area contributed by atoms with E-state index in [1.165, 1.54) is 23.8 Å². The predicted octanol–water partition coefficient (Wildman–Crippen LogP) is 5.64. The number of carboxylic acid groups (broad SMARTS) is 1. The Labute approximate surface area is 358 Å². The Morgan fingerprint density at radius 3 is 2.02 bits per heavy atom. The van der Waals surface area contributed by atoms with Gasteiger partial charge >= 0.3 is 18.0 Å². The molecule has 1 unspecified atom stereocenters. The number of fused-ring (bicyclic) bond motifs is 4. The van der Waals surface area contributed by atoms with Crippen LogP contribution in [0.1, 0.15) is 47.1 Å². The van der Waals surface area contributed by atoms with Crippen LogP contribution in [0.5, 0.6) is 0 Å². The van der Waals surface area contributed by atoms with E-state index in [9.17, 15) is 33.9 Å². The van der Waals surface area contributed by atoms with Gasteiger partial charge in [0.2, 0.25) is 11.8 Å². The number of carbonyl (C=O) groups is 6. The standard InChI is InChI=1S/C49H46N4O9/c1-30(45(56)57)50-43(54)41(25-31-15-5-3-6-16-31)53-40-24-14-9-19-33(40)26-42(44(53)55)52(2)47(59)49(27-39(49)46(58)61-28-32-17-7-4-8-18-32)51-48(60)62-29-38-36-22-12-10-20-34(36)35-21-11-13-23-37(35)38/h3-24,30,38-39,41-42H,25-29H2,1-2H3,(H,50,54)(H,51,60)(H,56,57)/t30-,39?,41-,42-,49+/m0/s1. The van der Waals surface area contributed by atoms with Crippen LogP contribution in [0.3, 0.4) is 0 Å². The lowest BCUT2D eigenvalue weighted by Crippen LogP contribution is -2.63. The lowest BCUT2D eigenvalue weighted by atomic mass is 9.92. The monoisotopic (exact) mass is 834 g/mol. The van der Waals surface area contributed by atoms with E-state index in [0.29, 0.717) is 16.8 Å². The fourth-order valence-corrected chi connectivity index (χ4v) is 8.71. The van der Waals surface area contributed by atoms with Crippen LogP contribution >= 0.6 is 0 Å². The summed E-state index contributed by atoms with van der Waals surface area (Å²) < 4.78 is 11.5. The number of carbonyl (C=O) groups excluding carboxylic acids is 5. The lowest BCUT2D eigenvalue weighted by Gasteiger charge is -2.42. The molecule has 1 aliphatic heterocycles. The number of anilines is 1. The first kappa shape index (κ1) is 41.5. The summed E-state index contributed by atoms with van der Waals surface area (Å²) >= 11 is 0. The summed E-state index contributed by atoms with van der Waals surface area (Å²) in [6.07, 6.45) is -0.933. The molecule has 0 saturated heterocycles. The normalized spacial score (nSPS) is 19.5. The van der Waals surface area contributed by atoms with Gasteiger partial charge in [0, 0.05) is 31.5 Å². The summed E-state index contributed by atoms with van der Waals surface area (Å²) in [4.78, 5) is 85.9. The number of nitrogens with one attached hydrogen (secondary N) is 2. The molecule has 316 valence electrons. The molecule has 13 nitrogen and oxygen atoms in total. The van der Waals surface area contributed by atoms with Crippen molar-refractivity contribution in [3.05, 3.63) is 161 Å².